The van der Waals surface area contributed by atoms with Crippen LogP contribution in [0, 0.1) is 6.92 Å². The number of hydrogen-bond donors (Lipinski definition) is 0. The van der Waals surface area contributed by atoms with E-state index in [0.717, 1.165) is 16.7 Å². The highest BCUT2D eigenvalue weighted by atomic mass is 16.6. The summed E-state index contributed by atoms with van der Waals surface area (Å²) in [6.45, 7) is 1.96. The van der Waals surface area contributed by atoms with Crippen molar-refractivity contribution in [3.05, 3.63) is 107 Å². The smallest absolute Gasteiger partial charge is 0.363 e. The number of hydrogen-bond acceptors (Lipinski definition) is 5. The fourth-order valence-electron chi connectivity index (χ4n) is 2.84. The van der Waals surface area contributed by atoms with Crippen LogP contribution < -0.4 is 4.74 Å². The highest BCUT2D eigenvalue weighted by Gasteiger charge is 2.24. The molecule has 0 fully saturated rings. The van der Waals surface area contributed by atoms with E-state index in [1.165, 1.54) is 0 Å². The van der Waals surface area contributed by atoms with Crippen molar-refractivity contribution in [2.75, 3.05) is 0 Å². The Morgan fingerprint density at radius 2 is 1.72 bits per heavy atom. The molecule has 0 saturated heterocycles. The second kappa shape index (κ2) is 7.94. The molecule has 3 aromatic carbocycles. The molecule has 4 rings (SSSR count). The second-order valence-corrected chi connectivity index (χ2v) is 6.53. The van der Waals surface area contributed by atoms with Crippen molar-refractivity contribution in [2.24, 2.45) is 4.99 Å². The van der Waals surface area contributed by atoms with Gasteiger partial charge in [-0.05, 0) is 55.0 Å². The number of aryl methyl sites for hydroxylation is 1. The maximum Gasteiger partial charge on any atom is 0.363 e. The largest absolute Gasteiger partial charge is 0.423 e. The highest BCUT2D eigenvalue weighted by Crippen LogP contribution is 2.21. The van der Waals surface area contributed by atoms with Crippen molar-refractivity contribution in [3.8, 4) is 5.75 Å². The Bertz CT molecular complexity index is 1130. The normalized spacial score (nSPS) is 14.4. The maximum atomic E-state index is 12.1. The minimum Gasteiger partial charge on any atom is -0.423 e. The Kier molecular flexibility index (Phi) is 5.03. The number of esters is 2. The highest BCUT2D eigenvalue weighted by molar-refractivity contribution is 6.12. The number of carbonyl (C=O) groups excluding carboxylic acids is 2. The van der Waals surface area contributed by atoms with Gasteiger partial charge in [0.2, 0.25) is 5.90 Å². The molecule has 0 amide bonds. The topological polar surface area (TPSA) is 65.0 Å². The van der Waals surface area contributed by atoms with E-state index in [1.54, 1.807) is 54.6 Å². The summed E-state index contributed by atoms with van der Waals surface area (Å²) in [5, 5.41) is 0. The fraction of sp³-hybridized carbons (Fsp3) is 0.0417. The van der Waals surface area contributed by atoms with Gasteiger partial charge in [-0.15, -0.1) is 0 Å². The first-order valence-corrected chi connectivity index (χ1v) is 9.05. The monoisotopic (exact) mass is 383 g/mol. The van der Waals surface area contributed by atoms with E-state index in [-0.39, 0.29) is 5.70 Å². The molecule has 0 atom stereocenters. The molecule has 0 aliphatic carbocycles. The van der Waals surface area contributed by atoms with Crippen LogP contribution in [0.15, 0.2) is 89.6 Å². The van der Waals surface area contributed by atoms with E-state index in [4.69, 9.17) is 9.47 Å². The Labute approximate surface area is 167 Å². The summed E-state index contributed by atoms with van der Waals surface area (Å²) in [7, 11) is 0. The van der Waals surface area contributed by atoms with Gasteiger partial charge in [-0.25, -0.2) is 14.6 Å². The molecule has 5 heteroatoms. The molecule has 0 aromatic heterocycles. The zero-order valence-corrected chi connectivity index (χ0v) is 15.7. The van der Waals surface area contributed by atoms with Crippen LogP contribution >= 0.6 is 0 Å². The molecule has 0 bridgehead atoms. The van der Waals surface area contributed by atoms with Crippen LogP contribution in [0.3, 0.4) is 0 Å². The number of cyclic esters (lactones) is 1. The van der Waals surface area contributed by atoms with Gasteiger partial charge in [0.05, 0.1) is 5.56 Å². The van der Waals surface area contributed by atoms with E-state index < -0.39 is 11.9 Å². The molecule has 0 saturated carbocycles. The summed E-state index contributed by atoms with van der Waals surface area (Å²) >= 11 is 0. The molecule has 1 aliphatic heterocycles. The zero-order chi connectivity index (χ0) is 20.2. The predicted octanol–water partition coefficient (Wildman–Crippen LogP) is 4.56. The van der Waals surface area contributed by atoms with Crippen LogP contribution in [0.1, 0.15) is 27.0 Å². The van der Waals surface area contributed by atoms with Gasteiger partial charge < -0.3 is 9.47 Å². The molecular formula is C24H17NO4. The van der Waals surface area contributed by atoms with Gasteiger partial charge >= 0.3 is 11.9 Å². The van der Waals surface area contributed by atoms with Gasteiger partial charge in [-0.3, -0.25) is 0 Å². The molecule has 1 aliphatic rings. The number of nitrogens with zero attached hydrogens (tertiary/aromatic N) is 1. The summed E-state index contributed by atoms with van der Waals surface area (Å²) in [5.41, 5.74) is 3.25. The van der Waals surface area contributed by atoms with Crippen molar-refractivity contribution in [1.82, 2.24) is 0 Å². The quantitative estimate of drug-likeness (QED) is 0.376. The Morgan fingerprint density at radius 1 is 0.966 bits per heavy atom. The maximum absolute atomic E-state index is 12.1. The van der Waals surface area contributed by atoms with Crippen LogP contribution in [0.5, 0.6) is 5.75 Å². The lowest BCUT2D eigenvalue weighted by Crippen LogP contribution is -2.07. The van der Waals surface area contributed by atoms with E-state index in [9.17, 15) is 9.59 Å². The Balaban J connectivity index is 1.50. The molecular weight excluding hydrogens is 366 g/mol. The van der Waals surface area contributed by atoms with Crippen molar-refractivity contribution in [1.29, 1.82) is 0 Å². The van der Waals surface area contributed by atoms with Crippen molar-refractivity contribution in [2.45, 2.75) is 6.92 Å². The number of benzene rings is 3. The first kappa shape index (κ1) is 18.4. The number of aliphatic imine (C=N–C) groups is 1. The summed E-state index contributed by atoms with van der Waals surface area (Å²) < 4.78 is 10.6. The Hall–Kier alpha value is -3.99. The van der Waals surface area contributed by atoms with Crippen LogP contribution in [0.4, 0.5) is 0 Å². The van der Waals surface area contributed by atoms with Gasteiger partial charge in [-0.1, -0.05) is 48.0 Å². The van der Waals surface area contributed by atoms with Gasteiger partial charge in [0.15, 0.2) is 5.70 Å². The van der Waals surface area contributed by atoms with Crippen LogP contribution in [0.2, 0.25) is 0 Å². The van der Waals surface area contributed by atoms with E-state index in [0.29, 0.717) is 17.2 Å². The molecule has 29 heavy (non-hydrogen) atoms. The summed E-state index contributed by atoms with van der Waals surface area (Å²) in [5.74, 6) is -0.220. The Morgan fingerprint density at radius 3 is 2.45 bits per heavy atom. The number of carbonyl (C=O) groups is 2. The minimum atomic E-state index is -0.499. The zero-order valence-electron chi connectivity index (χ0n) is 15.7. The van der Waals surface area contributed by atoms with Crippen LogP contribution in [-0.4, -0.2) is 17.8 Å². The van der Waals surface area contributed by atoms with Crippen molar-refractivity contribution >= 4 is 23.9 Å². The summed E-state index contributed by atoms with van der Waals surface area (Å²) in [6, 6.07) is 23.2. The molecule has 142 valence electrons. The van der Waals surface area contributed by atoms with Crippen LogP contribution in [0.25, 0.3) is 6.08 Å². The third-order valence-electron chi connectivity index (χ3n) is 4.29. The lowest BCUT2D eigenvalue weighted by molar-refractivity contribution is -0.129. The third kappa shape index (κ3) is 4.30. The molecule has 5 nitrogen and oxygen atoms in total. The van der Waals surface area contributed by atoms with E-state index in [1.807, 2.05) is 37.3 Å². The molecule has 0 radical (unpaired) electrons. The number of rotatable bonds is 4. The standard InChI is InChI=1S/C24H17NO4/c1-16-6-5-9-19(14-16)22-25-21(24(27)29-22)15-17-10-12-20(13-11-17)28-23(26)18-7-3-2-4-8-18/h2-15H,1H3/b21-15+. The fourth-order valence-corrected chi connectivity index (χ4v) is 2.84. The molecule has 0 spiro atoms. The lowest BCUT2D eigenvalue weighted by atomic mass is 10.1. The predicted molar refractivity (Wildman–Crippen MR) is 110 cm³/mol. The SMILES string of the molecule is Cc1cccc(C2=N/C(=C/c3ccc(OC(=O)c4ccccc4)cc3)C(=O)O2)c1. The van der Waals surface area contributed by atoms with Crippen molar-refractivity contribution < 1.29 is 19.1 Å². The van der Waals surface area contributed by atoms with Gasteiger partial charge in [0, 0.05) is 5.56 Å². The summed E-state index contributed by atoms with van der Waals surface area (Å²) in [6.07, 6.45) is 1.63. The molecule has 1 heterocycles. The molecule has 3 aromatic rings. The van der Waals surface area contributed by atoms with Crippen molar-refractivity contribution in [3.63, 3.8) is 0 Å². The molecule has 0 unspecified atom stereocenters. The van der Waals surface area contributed by atoms with Gasteiger partial charge in [0.25, 0.3) is 0 Å². The average molecular weight is 383 g/mol. The molecule has 0 N–H and O–H groups in total. The first-order valence-electron chi connectivity index (χ1n) is 9.05. The van der Waals surface area contributed by atoms with E-state index in [2.05, 4.69) is 4.99 Å². The number of ether oxygens (including phenoxy) is 2. The van der Waals surface area contributed by atoms with Gasteiger partial charge in [0.1, 0.15) is 5.75 Å². The lowest BCUT2D eigenvalue weighted by Gasteiger charge is -2.04. The van der Waals surface area contributed by atoms with Crippen LogP contribution in [-0.2, 0) is 9.53 Å². The summed E-state index contributed by atoms with van der Waals surface area (Å²) in [4.78, 5) is 28.6. The second-order valence-electron chi connectivity index (χ2n) is 6.53. The first-order chi connectivity index (χ1) is 14.1. The average Bonchev–Trinajstić information content (AvgIpc) is 3.10. The third-order valence-corrected chi connectivity index (χ3v) is 4.29. The van der Waals surface area contributed by atoms with Gasteiger partial charge in [-0.2, -0.15) is 0 Å². The van der Waals surface area contributed by atoms with E-state index >= 15 is 0 Å². The minimum absolute atomic E-state index is 0.218.